The number of thioether (sulfide) groups is 1. The van der Waals surface area contributed by atoms with Crippen LogP contribution in [0.1, 0.15) is 5.56 Å². The number of carbonyl (C=O) groups is 2. The standard InChI is InChI=1S/C26H30N10O2S/c1-32-22-21(23(37)28-25(32)38)35(16-17-39-26-29-30-31-36(26)20-10-6-3-7-11-20)24(27-22)34-14-12-33(13-15-34)18-19-8-4-2-5-9-19/h2-11,21-22H,12-18H2,1H3,(H,28,37,38). The van der Waals surface area contributed by atoms with Crippen LogP contribution in [0.3, 0.4) is 0 Å². The number of guanidine groups is 1. The predicted octanol–water partition coefficient (Wildman–Crippen LogP) is 1.12. The number of hydrogen-bond donors (Lipinski definition) is 1. The van der Waals surface area contributed by atoms with Crippen molar-refractivity contribution < 1.29 is 9.59 Å². The third-order valence-electron chi connectivity index (χ3n) is 7.25. The minimum atomic E-state index is -0.573. The molecule has 3 aliphatic rings. The quantitative estimate of drug-likeness (QED) is 0.436. The molecule has 39 heavy (non-hydrogen) atoms. The first kappa shape index (κ1) is 25.3. The Hall–Kier alpha value is -3.97. The first-order chi connectivity index (χ1) is 19.1. The Bertz CT molecular complexity index is 1340. The molecule has 1 aromatic heterocycles. The Kier molecular flexibility index (Phi) is 7.16. The van der Waals surface area contributed by atoms with Gasteiger partial charge in [-0.1, -0.05) is 60.3 Å². The van der Waals surface area contributed by atoms with Crippen LogP contribution in [0.15, 0.2) is 70.8 Å². The van der Waals surface area contributed by atoms with E-state index in [1.807, 2.05) is 41.3 Å². The monoisotopic (exact) mass is 546 g/mol. The van der Waals surface area contributed by atoms with Gasteiger partial charge in [0.25, 0.3) is 5.91 Å². The number of aromatic nitrogens is 4. The van der Waals surface area contributed by atoms with Gasteiger partial charge in [-0.2, -0.15) is 4.68 Å². The fourth-order valence-electron chi connectivity index (χ4n) is 5.20. The van der Waals surface area contributed by atoms with Gasteiger partial charge in [0.2, 0.25) is 5.16 Å². The highest BCUT2D eigenvalue weighted by molar-refractivity contribution is 7.99. The van der Waals surface area contributed by atoms with Gasteiger partial charge in [-0.05, 0) is 28.1 Å². The van der Waals surface area contributed by atoms with Crippen LogP contribution in [-0.4, -0.2) is 115 Å². The summed E-state index contributed by atoms with van der Waals surface area (Å²) in [5, 5.41) is 15.3. The molecule has 2 fully saturated rings. The van der Waals surface area contributed by atoms with Crippen LogP contribution in [-0.2, 0) is 11.3 Å². The van der Waals surface area contributed by atoms with E-state index < -0.39 is 18.2 Å². The van der Waals surface area contributed by atoms with Crippen molar-refractivity contribution >= 4 is 29.7 Å². The maximum Gasteiger partial charge on any atom is 0.325 e. The minimum absolute atomic E-state index is 0.316. The molecule has 2 saturated heterocycles. The average molecular weight is 547 g/mol. The largest absolute Gasteiger partial charge is 0.340 e. The fraction of sp³-hybridized carbons (Fsp3) is 0.385. The lowest BCUT2D eigenvalue weighted by Gasteiger charge is -2.40. The summed E-state index contributed by atoms with van der Waals surface area (Å²) >= 11 is 1.52. The van der Waals surface area contributed by atoms with E-state index in [9.17, 15) is 9.59 Å². The highest BCUT2D eigenvalue weighted by atomic mass is 32.2. The van der Waals surface area contributed by atoms with E-state index in [0.29, 0.717) is 17.5 Å². The molecule has 3 amide bonds. The molecule has 3 aliphatic heterocycles. The zero-order valence-corrected chi connectivity index (χ0v) is 22.4. The number of rotatable bonds is 7. The highest BCUT2D eigenvalue weighted by Gasteiger charge is 2.49. The number of imide groups is 1. The Morgan fingerprint density at radius 3 is 2.44 bits per heavy atom. The molecule has 12 nitrogen and oxygen atoms in total. The molecule has 1 N–H and O–H groups in total. The second kappa shape index (κ2) is 11.0. The molecule has 0 bridgehead atoms. The predicted molar refractivity (Wildman–Crippen MR) is 146 cm³/mol. The molecule has 13 heteroatoms. The van der Waals surface area contributed by atoms with Crippen LogP contribution in [0.4, 0.5) is 4.79 Å². The molecule has 2 unspecified atom stereocenters. The number of carbonyl (C=O) groups excluding carboxylic acids is 2. The maximum atomic E-state index is 13.0. The van der Waals surface area contributed by atoms with Crippen LogP contribution in [0.5, 0.6) is 0 Å². The van der Waals surface area contributed by atoms with Crippen molar-refractivity contribution in [3.63, 3.8) is 0 Å². The number of piperazine rings is 1. The van der Waals surface area contributed by atoms with Crippen molar-refractivity contribution in [2.24, 2.45) is 4.99 Å². The normalized spacial score (nSPS) is 21.7. The molecule has 2 aromatic carbocycles. The molecule has 0 saturated carbocycles. The van der Waals surface area contributed by atoms with Crippen molar-refractivity contribution in [2.75, 3.05) is 45.5 Å². The number of para-hydroxylation sites is 1. The number of fused-ring (bicyclic) bond motifs is 1. The van der Waals surface area contributed by atoms with Crippen molar-refractivity contribution in [3.05, 3.63) is 66.2 Å². The highest BCUT2D eigenvalue weighted by Crippen LogP contribution is 2.27. The molecular formula is C26H30N10O2S. The zero-order chi connectivity index (χ0) is 26.8. The van der Waals surface area contributed by atoms with Gasteiger partial charge in [0, 0.05) is 52.1 Å². The fourth-order valence-corrected chi connectivity index (χ4v) is 6.03. The van der Waals surface area contributed by atoms with Gasteiger partial charge in [0.1, 0.15) is 0 Å². The SMILES string of the molecule is CN1C(=O)NC(=O)C2C1N=C(N1CCN(Cc3ccccc3)CC1)N2CCSc1nnnn1-c1ccccc1. The number of benzene rings is 2. The smallest absolute Gasteiger partial charge is 0.325 e. The topological polar surface area (TPSA) is 115 Å². The third kappa shape index (κ3) is 5.19. The van der Waals surface area contributed by atoms with E-state index in [1.54, 1.807) is 11.7 Å². The van der Waals surface area contributed by atoms with E-state index in [-0.39, 0.29) is 5.91 Å². The van der Waals surface area contributed by atoms with Gasteiger partial charge in [-0.15, -0.1) is 5.10 Å². The van der Waals surface area contributed by atoms with Gasteiger partial charge in [-0.3, -0.25) is 15.0 Å². The van der Waals surface area contributed by atoms with E-state index >= 15 is 0 Å². The number of urea groups is 1. The Morgan fingerprint density at radius 2 is 1.69 bits per heavy atom. The van der Waals surface area contributed by atoms with E-state index in [4.69, 9.17) is 4.99 Å². The lowest BCUT2D eigenvalue weighted by molar-refractivity contribution is -0.127. The van der Waals surface area contributed by atoms with Gasteiger partial charge in [0.05, 0.1) is 5.69 Å². The number of likely N-dealkylation sites (N-methyl/N-ethyl adjacent to an activating group) is 1. The maximum absolute atomic E-state index is 13.0. The lowest BCUT2D eigenvalue weighted by atomic mass is 10.1. The number of nitrogens with zero attached hydrogens (tertiary/aromatic N) is 9. The van der Waals surface area contributed by atoms with Crippen LogP contribution >= 0.6 is 11.8 Å². The summed E-state index contributed by atoms with van der Waals surface area (Å²) in [4.78, 5) is 38.5. The Morgan fingerprint density at radius 1 is 0.974 bits per heavy atom. The summed E-state index contributed by atoms with van der Waals surface area (Å²) in [5.74, 6) is 1.09. The molecular weight excluding hydrogens is 516 g/mol. The number of aliphatic imine (C=N–C) groups is 1. The van der Waals surface area contributed by atoms with Gasteiger partial charge >= 0.3 is 6.03 Å². The van der Waals surface area contributed by atoms with Crippen molar-refractivity contribution in [3.8, 4) is 5.69 Å². The van der Waals surface area contributed by atoms with E-state index in [1.165, 1.54) is 22.2 Å². The summed E-state index contributed by atoms with van der Waals surface area (Å²) in [6.07, 6.45) is -0.553. The number of hydrogen-bond acceptors (Lipinski definition) is 10. The summed E-state index contributed by atoms with van der Waals surface area (Å²) in [7, 11) is 1.69. The molecule has 0 radical (unpaired) electrons. The molecule has 0 aliphatic carbocycles. The molecule has 202 valence electrons. The third-order valence-corrected chi connectivity index (χ3v) is 8.15. The van der Waals surface area contributed by atoms with E-state index in [2.05, 4.69) is 54.9 Å². The number of nitrogens with one attached hydrogen (secondary N) is 1. The van der Waals surface area contributed by atoms with Gasteiger partial charge in [-0.25, -0.2) is 9.79 Å². The molecule has 0 spiro atoms. The van der Waals surface area contributed by atoms with Crippen molar-refractivity contribution in [2.45, 2.75) is 23.9 Å². The van der Waals surface area contributed by atoms with Crippen LogP contribution < -0.4 is 5.32 Å². The first-order valence-electron chi connectivity index (χ1n) is 13.0. The molecule has 4 heterocycles. The lowest BCUT2D eigenvalue weighted by Crippen LogP contribution is -2.64. The second-order valence-corrected chi connectivity index (χ2v) is 10.8. The van der Waals surface area contributed by atoms with Crippen LogP contribution in [0.2, 0.25) is 0 Å². The zero-order valence-electron chi connectivity index (χ0n) is 21.6. The molecule has 6 rings (SSSR count). The Balaban J connectivity index is 1.15. The second-order valence-electron chi connectivity index (χ2n) is 9.69. The van der Waals surface area contributed by atoms with Crippen LogP contribution in [0, 0.1) is 0 Å². The number of tetrazole rings is 1. The van der Waals surface area contributed by atoms with Gasteiger partial charge < -0.3 is 14.7 Å². The average Bonchev–Trinajstić information content (AvgIpc) is 3.59. The summed E-state index contributed by atoms with van der Waals surface area (Å²) in [6, 6.07) is 19.2. The van der Waals surface area contributed by atoms with E-state index in [0.717, 1.165) is 44.4 Å². The summed E-state index contributed by atoms with van der Waals surface area (Å²) in [6.45, 7) is 4.81. The molecule has 3 aromatic rings. The summed E-state index contributed by atoms with van der Waals surface area (Å²) in [5.41, 5.74) is 2.18. The van der Waals surface area contributed by atoms with Crippen molar-refractivity contribution in [1.29, 1.82) is 0 Å². The number of amides is 3. The van der Waals surface area contributed by atoms with Gasteiger partial charge in [0.15, 0.2) is 18.2 Å². The Labute approximate surface area is 230 Å². The first-order valence-corrected chi connectivity index (χ1v) is 14.0. The summed E-state index contributed by atoms with van der Waals surface area (Å²) < 4.78 is 1.71. The van der Waals surface area contributed by atoms with Crippen LogP contribution in [0.25, 0.3) is 5.69 Å². The van der Waals surface area contributed by atoms with Crippen molar-refractivity contribution in [1.82, 2.24) is 45.1 Å². The molecule has 2 atom stereocenters. The minimum Gasteiger partial charge on any atom is -0.340 e.